The SMILES string of the molecule is CC(C)(C)C1CCC(=O)N1c1ccc([N+](=O)[O-])cc1. The molecule has 1 saturated heterocycles. The van der Waals surface area contributed by atoms with Gasteiger partial charge in [0.05, 0.1) is 4.92 Å². The van der Waals surface area contributed by atoms with Gasteiger partial charge in [-0.1, -0.05) is 20.8 Å². The van der Waals surface area contributed by atoms with Crippen LogP contribution in [0.3, 0.4) is 0 Å². The summed E-state index contributed by atoms with van der Waals surface area (Å²) in [5.74, 6) is 0.0915. The summed E-state index contributed by atoms with van der Waals surface area (Å²) < 4.78 is 0. The molecule has 0 aliphatic carbocycles. The lowest BCUT2D eigenvalue weighted by atomic mass is 9.85. The van der Waals surface area contributed by atoms with Crippen molar-refractivity contribution in [2.75, 3.05) is 4.90 Å². The standard InChI is InChI=1S/C14H18N2O3/c1-14(2,3)12-8-9-13(17)15(12)10-4-6-11(7-5-10)16(18)19/h4-7,12H,8-9H2,1-3H3. The molecule has 0 spiro atoms. The first-order chi connectivity index (χ1) is 8.80. The topological polar surface area (TPSA) is 63.5 Å². The van der Waals surface area contributed by atoms with Crippen molar-refractivity contribution in [2.45, 2.75) is 39.7 Å². The molecule has 1 aromatic rings. The van der Waals surface area contributed by atoms with Gasteiger partial charge in [0.2, 0.25) is 5.91 Å². The summed E-state index contributed by atoms with van der Waals surface area (Å²) in [5, 5.41) is 10.6. The predicted molar refractivity (Wildman–Crippen MR) is 73.1 cm³/mol. The van der Waals surface area contributed by atoms with Gasteiger partial charge in [-0.3, -0.25) is 14.9 Å². The van der Waals surface area contributed by atoms with Crippen LogP contribution in [0.2, 0.25) is 0 Å². The Morgan fingerprint density at radius 3 is 2.32 bits per heavy atom. The summed E-state index contributed by atoms with van der Waals surface area (Å²) in [6.45, 7) is 6.32. The molecule has 19 heavy (non-hydrogen) atoms. The molecule has 5 heteroatoms. The lowest BCUT2D eigenvalue weighted by molar-refractivity contribution is -0.384. The highest BCUT2D eigenvalue weighted by Gasteiger charge is 2.39. The number of hydrogen-bond donors (Lipinski definition) is 0. The summed E-state index contributed by atoms with van der Waals surface area (Å²) in [4.78, 5) is 24.0. The number of nitro groups is 1. The number of nitro benzene ring substituents is 1. The van der Waals surface area contributed by atoms with Gasteiger partial charge >= 0.3 is 0 Å². The van der Waals surface area contributed by atoms with E-state index in [-0.39, 0.29) is 23.1 Å². The Balaban J connectivity index is 2.33. The Hall–Kier alpha value is -1.91. The zero-order valence-corrected chi connectivity index (χ0v) is 11.4. The van der Waals surface area contributed by atoms with E-state index in [1.807, 2.05) is 0 Å². The van der Waals surface area contributed by atoms with E-state index in [1.54, 1.807) is 17.0 Å². The summed E-state index contributed by atoms with van der Waals surface area (Å²) in [6, 6.07) is 6.34. The van der Waals surface area contributed by atoms with Gasteiger partial charge in [-0.25, -0.2) is 0 Å². The van der Waals surface area contributed by atoms with E-state index in [0.717, 1.165) is 12.1 Å². The fraction of sp³-hybridized carbons (Fsp3) is 0.500. The highest BCUT2D eigenvalue weighted by molar-refractivity contribution is 5.96. The molecule has 1 heterocycles. The number of benzene rings is 1. The molecule has 0 bridgehead atoms. The molecule has 0 aromatic heterocycles. The van der Waals surface area contributed by atoms with E-state index in [4.69, 9.17) is 0 Å². The van der Waals surface area contributed by atoms with E-state index in [9.17, 15) is 14.9 Å². The lowest BCUT2D eigenvalue weighted by Crippen LogP contribution is -2.41. The Morgan fingerprint density at radius 2 is 1.84 bits per heavy atom. The van der Waals surface area contributed by atoms with E-state index in [1.165, 1.54) is 12.1 Å². The molecular weight excluding hydrogens is 244 g/mol. The van der Waals surface area contributed by atoms with Crippen LogP contribution in [0.25, 0.3) is 0 Å². The number of hydrogen-bond acceptors (Lipinski definition) is 3. The summed E-state index contributed by atoms with van der Waals surface area (Å²) in [6.07, 6.45) is 1.37. The Kier molecular flexibility index (Phi) is 3.30. The molecule has 102 valence electrons. The van der Waals surface area contributed by atoms with Gasteiger partial charge in [0.15, 0.2) is 0 Å². The fourth-order valence-corrected chi connectivity index (χ4v) is 2.56. The van der Waals surface area contributed by atoms with Crippen molar-refractivity contribution in [1.29, 1.82) is 0 Å². The van der Waals surface area contributed by atoms with Gasteiger partial charge in [-0.05, 0) is 24.0 Å². The number of non-ortho nitro benzene ring substituents is 1. The van der Waals surface area contributed by atoms with Crippen molar-refractivity contribution in [3.05, 3.63) is 34.4 Å². The van der Waals surface area contributed by atoms with Crippen LogP contribution >= 0.6 is 0 Å². The van der Waals surface area contributed by atoms with E-state index in [0.29, 0.717) is 6.42 Å². The number of amides is 1. The normalized spacial score (nSPS) is 19.8. The van der Waals surface area contributed by atoms with Crippen LogP contribution < -0.4 is 4.90 Å². The molecule has 2 rings (SSSR count). The van der Waals surface area contributed by atoms with Crippen LogP contribution in [0.4, 0.5) is 11.4 Å². The van der Waals surface area contributed by atoms with Crippen LogP contribution in [-0.4, -0.2) is 16.9 Å². The van der Waals surface area contributed by atoms with Crippen molar-refractivity contribution in [1.82, 2.24) is 0 Å². The summed E-state index contributed by atoms with van der Waals surface area (Å²) in [5.41, 5.74) is 0.782. The lowest BCUT2D eigenvalue weighted by Gasteiger charge is -2.35. The van der Waals surface area contributed by atoms with Crippen LogP contribution in [0.1, 0.15) is 33.6 Å². The fourth-order valence-electron chi connectivity index (χ4n) is 2.56. The largest absolute Gasteiger partial charge is 0.309 e. The molecule has 0 radical (unpaired) electrons. The molecule has 0 N–H and O–H groups in total. The first kappa shape index (κ1) is 13.5. The summed E-state index contributed by atoms with van der Waals surface area (Å²) in [7, 11) is 0. The van der Waals surface area contributed by atoms with Crippen LogP contribution in [0, 0.1) is 15.5 Å². The molecule has 1 aliphatic heterocycles. The number of rotatable bonds is 2. The number of carbonyl (C=O) groups excluding carboxylic acids is 1. The molecule has 5 nitrogen and oxygen atoms in total. The predicted octanol–water partition coefficient (Wildman–Crippen LogP) is 3.14. The van der Waals surface area contributed by atoms with Crippen molar-refractivity contribution in [3.63, 3.8) is 0 Å². The van der Waals surface area contributed by atoms with Crippen LogP contribution in [-0.2, 0) is 4.79 Å². The van der Waals surface area contributed by atoms with Gasteiger partial charge in [-0.2, -0.15) is 0 Å². The van der Waals surface area contributed by atoms with Crippen molar-refractivity contribution >= 4 is 17.3 Å². The highest BCUT2D eigenvalue weighted by Crippen LogP contribution is 2.37. The van der Waals surface area contributed by atoms with Crippen molar-refractivity contribution in [3.8, 4) is 0 Å². The smallest absolute Gasteiger partial charge is 0.269 e. The molecule has 1 unspecified atom stereocenters. The Morgan fingerprint density at radius 1 is 1.26 bits per heavy atom. The average molecular weight is 262 g/mol. The maximum atomic E-state index is 12.0. The zero-order valence-electron chi connectivity index (χ0n) is 11.4. The van der Waals surface area contributed by atoms with Crippen molar-refractivity contribution < 1.29 is 9.72 Å². The van der Waals surface area contributed by atoms with E-state index < -0.39 is 4.92 Å². The minimum Gasteiger partial charge on any atom is -0.309 e. The van der Waals surface area contributed by atoms with Gasteiger partial charge < -0.3 is 4.90 Å². The van der Waals surface area contributed by atoms with Gasteiger partial charge in [0.1, 0.15) is 0 Å². The van der Waals surface area contributed by atoms with Crippen LogP contribution in [0.5, 0.6) is 0 Å². The third-order valence-electron chi connectivity index (χ3n) is 3.55. The second-order valence-corrected chi connectivity index (χ2v) is 5.96. The maximum Gasteiger partial charge on any atom is 0.269 e. The Labute approximate surface area is 112 Å². The first-order valence-electron chi connectivity index (χ1n) is 6.37. The third-order valence-corrected chi connectivity index (χ3v) is 3.55. The second kappa shape index (κ2) is 4.64. The number of anilines is 1. The Bertz CT molecular complexity index is 502. The molecular formula is C14H18N2O3. The highest BCUT2D eigenvalue weighted by atomic mass is 16.6. The van der Waals surface area contributed by atoms with Gasteiger partial charge in [-0.15, -0.1) is 0 Å². The summed E-state index contributed by atoms with van der Waals surface area (Å²) >= 11 is 0. The van der Waals surface area contributed by atoms with Crippen LogP contribution in [0.15, 0.2) is 24.3 Å². The maximum absolute atomic E-state index is 12.0. The van der Waals surface area contributed by atoms with Gasteiger partial charge in [0.25, 0.3) is 5.69 Å². The second-order valence-electron chi connectivity index (χ2n) is 5.96. The van der Waals surface area contributed by atoms with E-state index in [2.05, 4.69) is 20.8 Å². The molecule has 1 aliphatic rings. The minimum absolute atomic E-state index is 0.00602. The first-order valence-corrected chi connectivity index (χ1v) is 6.37. The van der Waals surface area contributed by atoms with Gasteiger partial charge in [0, 0.05) is 30.3 Å². The average Bonchev–Trinajstić information content (AvgIpc) is 2.71. The van der Waals surface area contributed by atoms with E-state index >= 15 is 0 Å². The number of nitrogens with zero attached hydrogens (tertiary/aromatic N) is 2. The minimum atomic E-state index is -0.434. The monoisotopic (exact) mass is 262 g/mol. The molecule has 0 saturated carbocycles. The third kappa shape index (κ3) is 2.59. The van der Waals surface area contributed by atoms with Crippen molar-refractivity contribution in [2.24, 2.45) is 5.41 Å². The quantitative estimate of drug-likeness (QED) is 0.607. The zero-order chi connectivity index (χ0) is 14.2. The molecule has 1 atom stereocenters. The number of carbonyl (C=O) groups is 1. The molecule has 1 fully saturated rings. The molecule has 1 amide bonds. The molecule has 1 aromatic carbocycles.